The first-order valence-electron chi connectivity index (χ1n) is 5.00. The van der Waals surface area contributed by atoms with Gasteiger partial charge in [-0.1, -0.05) is 20.8 Å². The van der Waals surface area contributed by atoms with E-state index in [0.29, 0.717) is 5.78 Å². The van der Waals surface area contributed by atoms with Gasteiger partial charge in [-0.3, -0.25) is 9.69 Å². The highest BCUT2D eigenvalue weighted by atomic mass is 16.1. The lowest BCUT2D eigenvalue weighted by Crippen LogP contribution is -2.34. The Morgan fingerprint density at radius 3 is 2.42 bits per heavy atom. The van der Waals surface area contributed by atoms with Gasteiger partial charge in [0.25, 0.3) is 0 Å². The van der Waals surface area contributed by atoms with Gasteiger partial charge in [-0.15, -0.1) is 0 Å². The van der Waals surface area contributed by atoms with Crippen molar-refractivity contribution in [1.29, 1.82) is 0 Å². The summed E-state index contributed by atoms with van der Waals surface area (Å²) in [5.74, 6) is 0.333. The third-order valence-electron chi connectivity index (χ3n) is 2.24. The molecule has 0 N–H and O–H groups in total. The maximum atomic E-state index is 11.0. The van der Waals surface area contributed by atoms with Gasteiger partial charge in [0.15, 0.2) is 0 Å². The number of hydrogen-bond acceptors (Lipinski definition) is 2. The van der Waals surface area contributed by atoms with Gasteiger partial charge in [-0.05, 0) is 32.9 Å². The summed E-state index contributed by atoms with van der Waals surface area (Å²) >= 11 is 0. The number of carbonyl (C=O) groups is 1. The van der Waals surface area contributed by atoms with Crippen LogP contribution < -0.4 is 0 Å². The minimum absolute atomic E-state index is 0.241. The molecular weight excluding hydrogens is 150 g/mol. The van der Waals surface area contributed by atoms with Crippen molar-refractivity contribution in [2.75, 3.05) is 13.1 Å². The van der Waals surface area contributed by atoms with E-state index >= 15 is 0 Å². The molecule has 1 rings (SSSR count). The zero-order valence-electron chi connectivity index (χ0n) is 8.76. The molecule has 0 radical (unpaired) electrons. The Morgan fingerprint density at radius 1 is 1.50 bits per heavy atom. The van der Waals surface area contributed by atoms with E-state index in [1.165, 1.54) is 6.42 Å². The van der Waals surface area contributed by atoms with Crippen LogP contribution in [0.4, 0.5) is 0 Å². The van der Waals surface area contributed by atoms with Crippen LogP contribution in [0.5, 0.6) is 0 Å². The van der Waals surface area contributed by atoms with Crippen LogP contribution >= 0.6 is 0 Å². The maximum absolute atomic E-state index is 11.0. The Hall–Kier alpha value is -0.370. The quantitative estimate of drug-likeness (QED) is 0.634. The SMILES string of the molecule is CC.CCN1CCCC1C(C)=O. The average molecular weight is 171 g/mol. The molecule has 0 aromatic carbocycles. The van der Waals surface area contributed by atoms with Crippen molar-refractivity contribution in [1.82, 2.24) is 4.90 Å². The summed E-state index contributed by atoms with van der Waals surface area (Å²) in [6.07, 6.45) is 2.27. The lowest BCUT2D eigenvalue weighted by atomic mass is 10.1. The Bertz CT molecular complexity index is 134. The highest BCUT2D eigenvalue weighted by Crippen LogP contribution is 2.16. The van der Waals surface area contributed by atoms with Crippen molar-refractivity contribution in [2.45, 2.75) is 46.6 Å². The van der Waals surface area contributed by atoms with Crippen LogP contribution in [-0.4, -0.2) is 29.8 Å². The highest BCUT2D eigenvalue weighted by Gasteiger charge is 2.25. The van der Waals surface area contributed by atoms with Crippen molar-refractivity contribution in [3.05, 3.63) is 0 Å². The molecule has 2 nitrogen and oxygen atoms in total. The molecule has 0 aliphatic carbocycles. The van der Waals surface area contributed by atoms with E-state index in [1.54, 1.807) is 6.92 Å². The Kier molecular flexibility index (Phi) is 5.99. The van der Waals surface area contributed by atoms with Gasteiger partial charge in [0, 0.05) is 0 Å². The van der Waals surface area contributed by atoms with E-state index in [1.807, 2.05) is 13.8 Å². The number of likely N-dealkylation sites (tertiary alicyclic amines) is 1. The van der Waals surface area contributed by atoms with Crippen molar-refractivity contribution >= 4 is 5.78 Å². The lowest BCUT2D eigenvalue weighted by Gasteiger charge is -2.19. The highest BCUT2D eigenvalue weighted by molar-refractivity contribution is 5.81. The second-order valence-corrected chi connectivity index (χ2v) is 2.90. The van der Waals surface area contributed by atoms with Gasteiger partial charge in [0.2, 0.25) is 0 Å². The summed E-state index contributed by atoms with van der Waals surface area (Å²) in [6.45, 7) is 9.94. The second-order valence-electron chi connectivity index (χ2n) is 2.90. The third-order valence-corrected chi connectivity index (χ3v) is 2.24. The molecule has 1 heterocycles. The van der Waals surface area contributed by atoms with Gasteiger partial charge < -0.3 is 0 Å². The summed E-state index contributed by atoms with van der Waals surface area (Å²) in [6, 6.07) is 0.241. The third kappa shape index (κ3) is 2.94. The standard InChI is InChI=1S/C8H15NO.C2H6/c1-3-9-6-4-5-8(9)7(2)10;1-2/h8H,3-6H2,1-2H3;1-2H3. The average Bonchev–Trinajstić information content (AvgIpc) is 2.55. The van der Waals surface area contributed by atoms with E-state index in [2.05, 4.69) is 11.8 Å². The monoisotopic (exact) mass is 171 g/mol. The van der Waals surface area contributed by atoms with Gasteiger partial charge in [-0.25, -0.2) is 0 Å². The fourth-order valence-electron chi connectivity index (χ4n) is 1.67. The molecule has 0 bridgehead atoms. The van der Waals surface area contributed by atoms with Crippen molar-refractivity contribution in [2.24, 2.45) is 0 Å². The van der Waals surface area contributed by atoms with Crippen LogP contribution in [0.25, 0.3) is 0 Å². The molecule has 72 valence electrons. The van der Waals surface area contributed by atoms with Gasteiger partial charge in [0.05, 0.1) is 6.04 Å². The molecule has 12 heavy (non-hydrogen) atoms. The Balaban J connectivity index is 0.000000561. The number of hydrogen-bond donors (Lipinski definition) is 0. The molecule has 0 saturated carbocycles. The Morgan fingerprint density at radius 2 is 2.08 bits per heavy atom. The normalized spacial score (nSPS) is 23.2. The minimum Gasteiger partial charge on any atom is -0.298 e. The van der Waals surface area contributed by atoms with E-state index in [0.717, 1.165) is 19.5 Å². The first-order valence-corrected chi connectivity index (χ1v) is 5.00. The van der Waals surface area contributed by atoms with E-state index in [4.69, 9.17) is 0 Å². The molecule has 0 spiro atoms. The van der Waals surface area contributed by atoms with Gasteiger partial charge in [0.1, 0.15) is 5.78 Å². The number of nitrogens with zero attached hydrogens (tertiary/aromatic N) is 1. The van der Waals surface area contributed by atoms with Gasteiger partial charge in [-0.2, -0.15) is 0 Å². The molecule has 1 atom stereocenters. The summed E-state index contributed by atoms with van der Waals surface area (Å²) in [5, 5.41) is 0. The number of carbonyl (C=O) groups excluding carboxylic acids is 1. The van der Waals surface area contributed by atoms with Gasteiger partial charge >= 0.3 is 0 Å². The molecule has 1 saturated heterocycles. The largest absolute Gasteiger partial charge is 0.298 e. The lowest BCUT2D eigenvalue weighted by molar-refractivity contribution is -0.121. The van der Waals surface area contributed by atoms with Crippen LogP contribution in [0, 0.1) is 0 Å². The molecule has 1 fully saturated rings. The first kappa shape index (κ1) is 11.6. The maximum Gasteiger partial charge on any atom is 0.146 e. The van der Waals surface area contributed by atoms with Crippen LogP contribution in [-0.2, 0) is 4.79 Å². The van der Waals surface area contributed by atoms with E-state index < -0.39 is 0 Å². The first-order chi connectivity index (χ1) is 5.75. The van der Waals surface area contributed by atoms with E-state index in [-0.39, 0.29) is 6.04 Å². The molecule has 1 aliphatic rings. The topological polar surface area (TPSA) is 20.3 Å². The molecule has 2 heteroatoms. The summed E-state index contributed by atoms with van der Waals surface area (Å²) in [7, 11) is 0. The smallest absolute Gasteiger partial charge is 0.146 e. The Labute approximate surface area is 75.9 Å². The predicted molar refractivity (Wildman–Crippen MR) is 52.3 cm³/mol. The van der Waals surface area contributed by atoms with Crippen molar-refractivity contribution in [3.63, 3.8) is 0 Å². The van der Waals surface area contributed by atoms with Crippen molar-refractivity contribution < 1.29 is 4.79 Å². The number of likely N-dealkylation sites (N-methyl/N-ethyl adjacent to an activating group) is 1. The molecule has 0 amide bonds. The van der Waals surface area contributed by atoms with Crippen LogP contribution in [0.3, 0.4) is 0 Å². The predicted octanol–water partition coefficient (Wildman–Crippen LogP) is 2.09. The number of ketones is 1. The van der Waals surface area contributed by atoms with Crippen LogP contribution in [0.15, 0.2) is 0 Å². The summed E-state index contributed by atoms with van der Waals surface area (Å²) < 4.78 is 0. The number of Topliss-reactive ketones (excluding diaryl/α,β-unsaturated/α-hetero) is 1. The molecule has 1 unspecified atom stereocenters. The van der Waals surface area contributed by atoms with Crippen LogP contribution in [0.1, 0.15) is 40.5 Å². The minimum atomic E-state index is 0.241. The van der Waals surface area contributed by atoms with Crippen molar-refractivity contribution in [3.8, 4) is 0 Å². The molecule has 1 aliphatic heterocycles. The summed E-state index contributed by atoms with van der Waals surface area (Å²) in [5.41, 5.74) is 0. The van der Waals surface area contributed by atoms with E-state index in [9.17, 15) is 4.79 Å². The molecule has 0 aromatic heterocycles. The second kappa shape index (κ2) is 6.18. The fraction of sp³-hybridized carbons (Fsp3) is 0.900. The fourth-order valence-corrected chi connectivity index (χ4v) is 1.67. The van der Waals surface area contributed by atoms with Crippen LogP contribution in [0.2, 0.25) is 0 Å². The summed E-state index contributed by atoms with van der Waals surface area (Å²) in [4.78, 5) is 13.2. The number of rotatable bonds is 2. The molecular formula is C10H21NO. The molecule has 0 aromatic rings. The zero-order valence-corrected chi connectivity index (χ0v) is 8.76. The zero-order chi connectivity index (χ0) is 9.56.